The van der Waals surface area contributed by atoms with Crippen LogP contribution in [0.3, 0.4) is 0 Å². The molecule has 0 bridgehead atoms. The number of aromatic nitrogens is 2. The summed E-state index contributed by atoms with van der Waals surface area (Å²) in [5.41, 5.74) is 2.23. The van der Waals surface area contributed by atoms with E-state index in [9.17, 15) is 4.79 Å². The maximum atomic E-state index is 12.7. The fourth-order valence-electron chi connectivity index (χ4n) is 4.11. The van der Waals surface area contributed by atoms with Gasteiger partial charge in [0, 0.05) is 37.8 Å². The molecule has 0 atom stereocenters. The van der Waals surface area contributed by atoms with E-state index in [2.05, 4.69) is 39.5 Å². The van der Waals surface area contributed by atoms with E-state index in [0.717, 1.165) is 56.3 Å². The molecular weight excluding hydrogens is 350 g/mol. The number of hydrogen-bond donors (Lipinski definition) is 1. The van der Waals surface area contributed by atoms with E-state index in [4.69, 9.17) is 0 Å². The Morgan fingerprint density at radius 2 is 1.64 bits per heavy atom. The van der Waals surface area contributed by atoms with E-state index in [0.29, 0.717) is 5.91 Å². The summed E-state index contributed by atoms with van der Waals surface area (Å²) in [7, 11) is 0. The Bertz CT molecular complexity index is 776. The topological polar surface area (TPSA) is 61.4 Å². The molecule has 0 spiro atoms. The van der Waals surface area contributed by atoms with Gasteiger partial charge in [-0.25, -0.2) is 0 Å². The second-order valence-electron chi connectivity index (χ2n) is 7.92. The van der Waals surface area contributed by atoms with Gasteiger partial charge in [-0.15, -0.1) is 10.2 Å². The van der Waals surface area contributed by atoms with Crippen LogP contribution in [0.2, 0.25) is 0 Å². The molecule has 1 aliphatic carbocycles. The molecule has 6 heteroatoms. The highest BCUT2D eigenvalue weighted by atomic mass is 16.2. The van der Waals surface area contributed by atoms with E-state index < -0.39 is 0 Å². The molecule has 148 valence electrons. The number of benzene rings is 1. The molecule has 2 fully saturated rings. The van der Waals surface area contributed by atoms with Gasteiger partial charge in [0.2, 0.25) is 5.91 Å². The first kappa shape index (κ1) is 18.7. The third kappa shape index (κ3) is 4.43. The van der Waals surface area contributed by atoms with Crippen LogP contribution in [0, 0.1) is 12.8 Å². The molecule has 4 rings (SSSR count). The van der Waals surface area contributed by atoms with E-state index in [1.165, 1.54) is 24.8 Å². The predicted molar refractivity (Wildman–Crippen MR) is 112 cm³/mol. The van der Waals surface area contributed by atoms with Crippen molar-refractivity contribution in [2.24, 2.45) is 5.92 Å². The summed E-state index contributed by atoms with van der Waals surface area (Å²) in [6.07, 6.45) is 5.83. The second kappa shape index (κ2) is 8.59. The third-order valence-electron chi connectivity index (χ3n) is 5.84. The normalized spacial score (nSPS) is 18.2. The lowest BCUT2D eigenvalue weighted by molar-refractivity contribution is -0.136. The van der Waals surface area contributed by atoms with E-state index in [1.807, 2.05) is 29.2 Å². The molecule has 1 amide bonds. The average molecular weight is 380 g/mol. The van der Waals surface area contributed by atoms with E-state index >= 15 is 0 Å². The Balaban J connectivity index is 1.30. The van der Waals surface area contributed by atoms with Gasteiger partial charge in [0.1, 0.15) is 0 Å². The number of nitrogens with zero attached hydrogens (tertiary/aromatic N) is 4. The van der Waals surface area contributed by atoms with Gasteiger partial charge in [-0.1, -0.05) is 37.0 Å². The summed E-state index contributed by atoms with van der Waals surface area (Å²) in [5, 5.41) is 12.0. The average Bonchev–Trinajstić information content (AvgIpc) is 2.76. The summed E-state index contributed by atoms with van der Waals surface area (Å²) in [5.74, 6) is 2.23. The van der Waals surface area contributed by atoms with Gasteiger partial charge in [-0.2, -0.15) is 0 Å². The number of amides is 1. The molecule has 1 aliphatic heterocycles. The number of anilines is 3. The highest BCUT2D eigenvalue weighted by Gasteiger charge is 2.28. The Hall–Kier alpha value is -2.63. The number of aryl methyl sites for hydroxylation is 1. The Morgan fingerprint density at radius 3 is 2.29 bits per heavy atom. The number of carbonyl (C=O) groups excluding carboxylic acids is 1. The van der Waals surface area contributed by atoms with Crippen LogP contribution in [0.4, 0.5) is 17.3 Å². The minimum Gasteiger partial charge on any atom is -0.352 e. The van der Waals surface area contributed by atoms with Crippen LogP contribution in [-0.4, -0.2) is 47.2 Å². The van der Waals surface area contributed by atoms with Gasteiger partial charge >= 0.3 is 0 Å². The predicted octanol–water partition coefficient (Wildman–Crippen LogP) is 3.76. The minimum absolute atomic E-state index is 0.257. The maximum absolute atomic E-state index is 12.7. The Labute approximate surface area is 166 Å². The summed E-state index contributed by atoms with van der Waals surface area (Å²) in [6, 6.07) is 12.2. The summed E-state index contributed by atoms with van der Waals surface area (Å²) >= 11 is 0. The summed E-state index contributed by atoms with van der Waals surface area (Å²) < 4.78 is 0. The maximum Gasteiger partial charge on any atom is 0.225 e. The molecular formula is C22H29N5O. The van der Waals surface area contributed by atoms with Crippen LogP contribution in [0.1, 0.15) is 37.7 Å². The first-order valence-electron chi connectivity index (χ1n) is 10.4. The SMILES string of the molecule is Cc1ccc(Nc2ccc(N3CCN(C(=O)C4CCCCC4)CC3)nn2)cc1. The van der Waals surface area contributed by atoms with Crippen molar-refractivity contribution < 1.29 is 4.79 Å². The molecule has 1 N–H and O–H groups in total. The van der Waals surface area contributed by atoms with Crippen molar-refractivity contribution in [3.8, 4) is 0 Å². The molecule has 1 saturated heterocycles. The van der Waals surface area contributed by atoms with Gasteiger partial charge in [0.25, 0.3) is 0 Å². The second-order valence-corrected chi connectivity index (χ2v) is 7.92. The molecule has 0 radical (unpaired) electrons. The van der Waals surface area contributed by atoms with Gasteiger partial charge in [-0.3, -0.25) is 4.79 Å². The standard InChI is InChI=1S/C22H29N5O/c1-17-7-9-19(10-8-17)23-20-11-12-21(25-24-20)26-13-15-27(16-14-26)22(28)18-5-3-2-4-6-18/h7-12,18H,2-6,13-16H2,1H3,(H,23,24). The van der Waals surface area contributed by atoms with Gasteiger partial charge < -0.3 is 15.1 Å². The van der Waals surface area contributed by atoms with Crippen molar-refractivity contribution in [1.82, 2.24) is 15.1 Å². The molecule has 28 heavy (non-hydrogen) atoms. The largest absolute Gasteiger partial charge is 0.352 e. The zero-order valence-corrected chi connectivity index (χ0v) is 16.6. The zero-order valence-electron chi connectivity index (χ0n) is 16.6. The van der Waals surface area contributed by atoms with Gasteiger partial charge in [0.15, 0.2) is 11.6 Å². The van der Waals surface area contributed by atoms with Crippen molar-refractivity contribution in [2.75, 3.05) is 36.4 Å². The van der Waals surface area contributed by atoms with Gasteiger partial charge in [0.05, 0.1) is 0 Å². The Morgan fingerprint density at radius 1 is 0.929 bits per heavy atom. The lowest BCUT2D eigenvalue weighted by atomic mass is 9.88. The van der Waals surface area contributed by atoms with Gasteiger partial charge in [-0.05, 0) is 44.0 Å². The summed E-state index contributed by atoms with van der Waals surface area (Å²) in [6.45, 7) is 5.26. The lowest BCUT2D eigenvalue weighted by Crippen LogP contribution is -2.50. The number of carbonyl (C=O) groups is 1. The highest BCUT2D eigenvalue weighted by molar-refractivity contribution is 5.79. The van der Waals surface area contributed by atoms with Crippen molar-refractivity contribution in [3.63, 3.8) is 0 Å². The molecule has 1 saturated carbocycles. The molecule has 2 aliphatic rings. The van der Waals surface area contributed by atoms with Crippen LogP contribution in [0.5, 0.6) is 0 Å². The monoisotopic (exact) mass is 379 g/mol. The summed E-state index contributed by atoms with van der Waals surface area (Å²) in [4.78, 5) is 17.0. The van der Waals surface area contributed by atoms with Crippen molar-refractivity contribution >= 4 is 23.2 Å². The quantitative estimate of drug-likeness (QED) is 0.876. The number of piperazine rings is 1. The molecule has 1 aromatic carbocycles. The fraction of sp³-hybridized carbons (Fsp3) is 0.500. The van der Waals surface area contributed by atoms with E-state index in [-0.39, 0.29) is 5.92 Å². The van der Waals surface area contributed by atoms with Crippen molar-refractivity contribution in [2.45, 2.75) is 39.0 Å². The van der Waals surface area contributed by atoms with Crippen LogP contribution < -0.4 is 10.2 Å². The van der Waals surface area contributed by atoms with Crippen LogP contribution in [0.15, 0.2) is 36.4 Å². The van der Waals surface area contributed by atoms with Crippen LogP contribution >= 0.6 is 0 Å². The minimum atomic E-state index is 0.257. The molecule has 2 aromatic rings. The third-order valence-corrected chi connectivity index (χ3v) is 5.84. The zero-order chi connectivity index (χ0) is 19.3. The molecule has 1 aromatic heterocycles. The first-order chi connectivity index (χ1) is 13.7. The highest BCUT2D eigenvalue weighted by Crippen LogP contribution is 2.26. The smallest absolute Gasteiger partial charge is 0.225 e. The number of rotatable bonds is 4. The molecule has 2 heterocycles. The van der Waals surface area contributed by atoms with Crippen LogP contribution in [-0.2, 0) is 4.79 Å². The van der Waals surface area contributed by atoms with Crippen molar-refractivity contribution in [3.05, 3.63) is 42.0 Å². The fourth-order valence-corrected chi connectivity index (χ4v) is 4.11. The molecule has 0 unspecified atom stereocenters. The number of hydrogen-bond acceptors (Lipinski definition) is 5. The Kier molecular flexibility index (Phi) is 5.74. The molecule has 6 nitrogen and oxygen atoms in total. The van der Waals surface area contributed by atoms with Crippen LogP contribution in [0.25, 0.3) is 0 Å². The van der Waals surface area contributed by atoms with E-state index in [1.54, 1.807) is 0 Å². The lowest BCUT2D eigenvalue weighted by Gasteiger charge is -2.37. The first-order valence-corrected chi connectivity index (χ1v) is 10.4. The van der Waals surface area contributed by atoms with Crippen molar-refractivity contribution in [1.29, 1.82) is 0 Å². The number of nitrogens with one attached hydrogen (secondary N) is 1.